The lowest BCUT2D eigenvalue weighted by atomic mass is 9.92. The molecule has 5 aromatic carbocycles. The molecule has 0 bridgehead atoms. The number of benzene rings is 5. The second-order valence-corrected chi connectivity index (χ2v) is 18.3. The van der Waals surface area contributed by atoms with Gasteiger partial charge >= 0.3 is 30.3 Å². The monoisotopic (exact) mass is 1030 g/mol. The first-order valence-electron chi connectivity index (χ1n) is 24.5. The van der Waals surface area contributed by atoms with E-state index in [9.17, 15) is 43.5 Å². The summed E-state index contributed by atoms with van der Waals surface area (Å²) in [5.41, 5.74) is 6.31. The normalized spacial score (nSPS) is 13.1. The van der Waals surface area contributed by atoms with Crippen molar-refractivity contribution in [3.8, 4) is 0 Å². The van der Waals surface area contributed by atoms with Crippen molar-refractivity contribution in [2.45, 2.75) is 84.8 Å². The SMILES string of the molecule is CC/C=C\C=C/OC(=O)NCC(N[C@H](C(=O)N[C@@H](CCCNC(N)=O)C(=O)Nc1ccc(C(OC(=O)N(C)CC(=O)NCc2ccc3ccc4cccc5ccc2c3c45)C(=O)O)cc1)C(C)C)OC(=O)OCC(C)C. The third-order valence-electron chi connectivity index (χ3n) is 11.6. The molecule has 0 saturated heterocycles. The summed E-state index contributed by atoms with van der Waals surface area (Å²) < 4.78 is 21.0. The zero-order valence-corrected chi connectivity index (χ0v) is 42.8. The number of hydrogen-bond acceptors (Lipinski definition) is 13. The number of primary amides is 1. The van der Waals surface area contributed by atoms with Gasteiger partial charge in [-0.25, -0.2) is 24.0 Å². The molecule has 0 spiro atoms. The zero-order chi connectivity index (χ0) is 54.6. The van der Waals surface area contributed by atoms with E-state index < -0.39 is 84.9 Å². The number of carbonyl (C=O) groups excluding carboxylic acids is 7. The predicted octanol–water partition coefficient (Wildman–Crippen LogP) is 6.92. The van der Waals surface area contributed by atoms with Crippen molar-refractivity contribution in [3.63, 3.8) is 0 Å². The number of alkyl carbamates (subject to hydrolysis) is 1. The van der Waals surface area contributed by atoms with Gasteiger partial charge in [-0.05, 0) is 87.2 Å². The molecule has 9 N–H and O–H groups in total. The first kappa shape index (κ1) is 57.4. The Morgan fingerprint density at radius 3 is 2.12 bits per heavy atom. The number of carboxylic acid groups (broad SMARTS) is 1. The molecule has 0 aromatic heterocycles. The minimum Gasteiger partial charge on any atom is -0.478 e. The first-order chi connectivity index (χ1) is 35.8. The number of hydrogen-bond donors (Lipinski definition) is 8. The van der Waals surface area contributed by atoms with Gasteiger partial charge in [0, 0.05) is 31.4 Å². The Balaban J connectivity index is 1.21. The zero-order valence-electron chi connectivity index (χ0n) is 42.8. The van der Waals surface area contributed by atoms with Crippen molar-refractivity contribution >= 4 is 86.1 Å². The maximum Gasteiger partial charge on any atom is 0.509 e. The molecule has 7 amide bonds. The molecule has 0 heterocycles. The lowest BCUT2D eigenvalue weighted by Gasteiger charge is -2.29. The predicted molar refractivity (Wildman–Crippen MR) is 281 cm³/mol. The summed E-state index contributed by atoms with van der Waals surface area (Å²) >= 11 is 0. The van der Waals surface area contributed by atoms with Gasteiger partial charge in [0.1, 0.15) is 12.6 Å². The first-order valence-corrected chi connectivity index (χ1v) is 24.5. The van der Waals surface area contributed by atoms with Gasteiger partial charge in [0.05, 0.1) is 25.5 Å². The van der Waals surface area contributed by atoms with Crippen molar-refractivity contribution in [1.29, 1.82) is 0 Å². The highest BCUT2D eigenvalue weighted by Gasteiger charge is 2.32. The van der Waals surface area contributed by atoms with Crippen LogP contribution in [0.5, 0.6) is 0 Å². The number of carboxylic acids is 1. The summed E-state index contributed by atoms with van der Waals surface area (Å²) in [5.74, 6) is -3.91. The van der Waals surface area contributed by atoms with E-state index in [1.54, 1.807) is 19.9 Å². The topological polar surface area (TPSA) is 295 Å². The van der Waals surface area contributed by atoms with Crippen LogP contribution >= 0.6 is 0 Å². The molecule has 21 nitrogen and oxygen atoms in total. The Kier molecular flexibility index (Phi) is 21.5. The molecule has 0 aliphatic rings. The second-order valence-electron chi connectivity index (χ2n) is 18.3. The Morgan fingerprint density at radius 2 is 1.47 bits per heavy atom. The Labute approximate surface area is 434 Å². The number of nitrogens with two attached hydrogens (primary N) is 1. The lowest BCUT2D eigenvalue weighted by molar-refractivity contribution is -0.147. The highest BCUT2D eigenvalue weighted by atomic mass is 16.7. The molecule has 0 aliphatic heterocycles. The van der Waals surface area contributed by atoms with Gasteiger partial charge in [-0.2, -0.15) is 0 Å². The van der Waals surface area contributed by atoms with Crippen LogP contribution in [0, 0.1) is 11.8 Å². The van der Waals surface area contributed by atoms with E-state index in [0.717, 1.165) is 55.5 Å². The van der Waals surface area contributed by atoms with E-state index >= 15 is 0 Å². The van der Waals surface area contributed by atoms with Crippen LogP contribution in [-0.4, -0.2) is 110 Å². The number of nitrogens with one attached hydrogen (secondary N) is 6. The van der Waals surface area contributed by atoms with Gasteiger partial charge < -0.3 is 61.3 Å². The summed E-state index contributed by atoms with van der Waals surface area (Å²) in [7, 11) is 1.30. The average Bonchev–Trinajstić information content (AvgIpc) is 3.37. The van der Waals surface area contributed by atoms with E-state index in [0.29, 0.717) is 0 Å². The Hall–Kier alpha value is -8.46. The molecule has 2 unspecified atom stereocenters. The molecule has 75 heavy (non-hydrogen) atoms. The van der Waals surface area contributed by atoms with Gasteiger partial charge in [0.2, 0.25) is 23.8 Å². The molecule has 0 radical (unpaired) electrons. The van der Waals surface area contributed by atoms with E-state index in [2.05, 4.69) is 56.2 Å². The minimum absolute atomic E-state index is 0.000840. The molecule has 5 rings (SSSR count). The van der Waals surface area contributed by atoms with E-state index in [1.165, 1.54) is 37.4 Å². The number of allylic oxidation sites excluding steroid dienone is 3. The fourth-order valence-electron chi connectivity index (χ4n) is 7.82. The van der Waals surface area contributed by atoms with Crippen molar-refractivity contribution in [2.75, 3.05) is 38.6 Å². The maximum atomic E-state index is 14.0. The summed E-state index contributed by atoms with van der Waals surface area (Å²) in [6.07, 6.45) is 1.03. The Morgan fingerprint density at radius 1 is 0.787 bits per heavy atom. The highest BCUT2D eigenvalue weighted by molar-refractivity contribution is 6.23. The standard InChI is InChI=1S/C54H66N8O13/c1-7-8-9-10-27-72-52(69)58-29-43(74-54(71)73-31-32(2)3)61-46(33(4)5)49(65)60-41(15-12-26-56-51(55)68)48(64)59-39-23-20-37(21-24-39)47(50(66)67)75-53(70)62(6)30-42(63)57-28-38-19-18-36-17-16-34-13-11-14-35-22-25-40(38)45(36)44(34)35/h8-11,13-14,16-25,27,32-33,41,43,46-47,61H,7,12,15,26,28-31H2,1-6H3,(H,57,63)(H,58,69)(H,59,64)(H,60,65)(H,66,67)(H3,55,56,68)/b9-8-,27-10-/t41-,43?,46-,47?/m0/s1. The third-order valence-corrected chi connectivity index (χ3v) is 11.6. The number of nitrogens with zero attached hydrogens (tertiary/aromatic N) is 1. The smallest absolute Gasteiger partial charge is 0.478 e. The maximum absolute atomic E-state index is 14.0. The number of aliphatic carboxylic acids is 1. The number of ether oxygens (including phenoxy) is 4. The fraction of sp³-hybridized carbons (Fsp3) is 0.370. The summed E-state index contributed by atoms with van der Waals surface area (Å²) in [6, 6.07) is 20.5. The fourth-order valence-corrected chi connectivity index (χ4v) is 7.82. The number of likely N-dealkylation sites (N-methyl/N-ethyl adjacent to an activating group) is 1. The molecule has 400 valence electrons. The van der Waals surface area contributed by atoms with Crippen LogP contribution in [0.15, 0.2) is 103 Å². The van der Waals surface area contributed by atoms with Crippen LogP contribution in [-0.2, 0) is 44.7 Å². The van der Waals surface area contributed by atoms with Crippen molar-refractivity contribution in [2.24, 2.45) is 17.6 Å². The largest absolute Gasteiger partial charge is 0.509 e. The summed E-state index contributed by atoms with van der Waals surface area (Å²) in [6.45, 7) is 8.47. The van der Waals surface area contributed by atoms with E-state index in [1.807, 2.05) is 57.2 Å². The number of anilines is 1. The summed E-state index contributed by atoms with van der Waals surface area (Å²) in [4.78, 5) is 104. The second kappa shape index (κ2) is 28.1. The molecule has 4 atom stereocenters. The third kappa shape index (κ3) is 17.3. The average molecular weight is 1040 g/mol. The minimum atomic E-state index is -1.80. The molecule has 0 fully saturated rings. The quantitative estimate of drug-likeness (QED) is 0.00531. The number of urea groups is 1. The van der Waals surface area contributed by atoms with Crippen LogP contribution in [0.1, 0.15) is 71.1 Å². The van der Waals surface area contributed by atoms with Gasteiger partial charge in [-0.1, -0.05) is 114 Å². The van der Waals surface area contributed by atoms with Gasteiger partial charge in [-0.3, -0.25) is 19.7 Å². The molecule has 0 saturated carbocycles. The van der Waals surface area contributed by atoms with Crippen molar-refractivity contribution < 1.29 is 62.4 Å². The van der Waals surface area contributed by atoms with Crippen LogP contribution in [0.2, 0.25) is 0 Å². The van der Waals surface area contributed by atoms with Crippen LogP contribution < -0.4 is 37.6 Å². The van der Waals surface area contributed by atoms with Crippen LogP contribution in [0.3, 0.4) is 0 Å². The molecule has 0 aliphatic carbocycles. The van der Waals surface area contributed by atoms with Gasteiger partial charge in [0.25, 0.3) is 0 Å². The number of rotatable bonds is 26. The Bertz CT molecular complexity index is 2840. The molecular weight excluding hydrogens is 969 g/mol. The van der Waals surface area contributed by atoms with Crippen molar-refractivity contribution in [3.05, 3.63) is 114 Å². The molecule has 21 heteroatoms. The lowest BCUT2D eigenvalue weighted by Crippen LogP contribution is -2.57. The van der Waals surface area contributed by atoms with Gasteiger partial charge in [0.15, 0.2) is 6.23 Å². The molecule has 5 aromatic rings. The van der Waals surface area contributed by atoms with Crippen LogP contribution in [0.25, 0.3) is 32.3 Å². The number of carbonyl (C=O) groups is 8. The summed E-state index contributed by atoms with van der Waals surface area (Å²) in [5, 5.41) is 32.7. The van der Waals surface area contributed by atoms with E-state index in [-0.39, 0.29) is 56.3 Å². The molecular formula is C54H66N8O13. The van der Waals surface area contributed by atoms with Crippen LogP contribution in [0.4, 0.5) is 24.9 Å². The highest BCUT2D eigenvalue weighted by Crippen LogP contribution is 2.36. The van der Waals surface area contributed by atoms with E-state index in [4.69, 9.17) is 24.7 Å². The van der Waals surface area contributed by atoms with Gasteiger partial charge in [-0.15, -0.1) is 0 Å². The van der Waals surface area contributed by atoms with Crippen molar-refractivity contribution in [1.82, 2.24) is 31.5 Å². The number of amides is 7.